The van der Waals surface area contributed by atoms with Gasteiger partial charge in [0, 0.05) is 38.2 Å². The highest BCUT2D eigenvalue weighted by molar-refractivity contribution is 6.14. The minimum absolute atomic E-state index is 0.508. The fourth-order valence-corrected chi connectivity index (χ4v) is 10.2. The van der Waals surface area contributed by atoms with Crippen molar-refractivity contribution in [2.75, 3.05) is 0 Å². The van der Waals surface area contributed by atoms with Crippen molar-refractivity contribution >= 4 is 43.7 Å². The lowest BCUT2D eigenvalue weighted by molar-refractivity contribution is 0.667. The van der Waals surface area contributed by atoms with Crippen LogP contribution in [0.2, 0.25) is 0 Å². The number of benzene rings is 9. The Bertz CT molecular complexity index is 3630. The molecule has 12 aromatic rings. The summed E-state index contributed by atoms with van der Waals surface area (Å²) in [5.74, 6) is 1.81. The van der Waals surface area contributed by atoms with Gasteiger partial charge < -0.3 is 4.42 Å². The van der Waals surface area contributed by atoms with Gasteiger partial charge in [0.1, 0.15) is 11.2 Å². The number of aromatic nitrogens is 4. The van der Waals surface area contributed by atoms with E-state index in [9.17, 15) is 0 Å². The maximum atomic E-state index is 7.08. The van der Waals surface area contributed by atoms with Crippen molar-refractivity contribution in [2.24, 2.45) is 0 Å². The smallest absolute Gasteiger partial charge is 0.238 e. The van der Waals surface area contributed by atoms with Crippen molar-refractivity contribution in [3.05, 3.63) is 241 Å². The summed E-state index contributed by atoms with van der Waals surface area (Å²) in [6.07, 6.45) is 0. The van der Waals surface area contributed by atoms with Crippen LogP contribution in [0.1, 0.15) is 22.3 Å². The Morgan fingerprint density at radius 2 is 0.937 bits per heavy atom. The van der Waals surface area contributed by atoms with E-state index < -0.39 is 5.41 Å². The molecule has 5 heteroatoms. The van der Waals surface area contributed by atoms with Gasteiger partial charge >= 0.3 is 0 Å². The van der Waals surface area contributed by atoms with Crippen LogP contribution in [0.4, 0.5) is 0 Å². The lowest BCUT2D eigenvalue weighted by atomic mass is 9.67. The molecule has 0 aliphatic heterocycles. The third-order valence-electron chi connectivity index (χ3n) is 12.9. The molecule has 0 bridgehead atoms. The largest absolute Gasteiger partial charge is 0.455 e. The highest BCUT2D eigenvalue weighted by atomic mass is 16.3. The van der Waals surface area contributed by atoms with Crippen LogP contribution >= 0.6 is 0 Å². The topological polar surface area (TPSA) is 56.7 Å². The van der Waals surface area contributed by atoms with E-state index in [-0.39, 0.29) is 0 Å². The Morgan fingerprint density at radius 1 is 0.365 bits per heavy atom. The first-order valence-corrected chi connectivity index (χ1v) is 21.4. The molecular formula is C58H36N4O. The van der Waals surface area contributed by atoms with Crippen molar-refractivity contribution in [1.29, 1.82) is 0 Å². The number of para-hydroxylation sites is 2. The van der Waals surface area contributed by atoms with E-state index in [1.807, 2.05) is 60.7 Å². The van der Waals surface area contributed by atoms with Gasteiger partial charge in [-0.1, -0.05) is 188 Å². The van der Waals surface area contributed by atoms with E-state index in [4.69, 9.17) is 19.4 Å². The zero-order chi connectivity index (χ0) is 41.5. The maximum Gasteiger partial charge on any atom is 0.238 e. The average Bonchev–Trinajstić information content (AvgIpc) is 4.00. The van der Waals surface area contributed by atoms with Gasteiger partial charge in [-0.3, -0.25) is 4.57 Å². The molecule has 9 aromatic carbocycles. The van der Waals surface area contributed by atoms with E-state index in [1.54, 1.807) is 0 Å². The highest BCUT2D eigenvalue weighted by Gasteiger charge is 2.46. The van der Waals surface area contributed by atoms with Gasteiger partial charge in [-0.2, -0.15) is 9.97 Å². The molecule has 0 saturated heterocycles. The van der Waals surface area contributed by atoms with E-state index in [0.29, 0.717) is 17.6 Å². The van der Waals surface area contributed by atoms with E-state index >= 15 is 0 Å². The molecule has 0 saturated carbocycles. The second kappa shape index (κ2) is 13.8. The molecule has 0 fully saturated rings. The van der Waals surface area contributed by atoms with Crippen molar-refractivity contribution in [3.63, 3.8) is 0 Å². The van der Waals surface area contributed by atoms with Gasteiger partial charge in [0.2, 0.25) is 5.95 Å². The normalized spacial score (nSPS) is 12.9. The number of hydrogen-bond acceptors (Lipinski definition) is 4. The van der Waals surface area contributed by atoms with Crippen LogP contribution < -0.4 is 0 Å². The third-order valence-corrected chi connectivity index (χ3v) is 12.9. The Labute approximate surface area is 363 Å². The van der Waals surface area contributed by atoms with E-state index in [1.165, 1.54) is 33.4 Å². The summed E-state index contributed by atoms with van der Waals surface area (Å²) in [6, 6.07) is 77.3. The second-order valence-electron chi connectivity index (χ2n) is 16.3. The lowest BCUT2D eigenvalue weighted by Gasteiger charge is -2.33. The Balaban J connectivity index is 1.01. The SMILES string of the molecule is c1ccc(-c2nc(-c3ccccc3)nc(-n3c4ccccc4c4cc(-c5cccc6c5oc5cc7c(cc56)-c5ccccc5C7(c5ccccc5)c5ccccc5)ccc43)n2)cc1. The van der Waals surface area contributed by atoms with Gasteiger partial charge in [-0.15, -0.1) is 0 Å². The van der Waals surface area contributed by atoms with Crippen LogP contribution in [-0.2, 0) is 5.41 Å². The molecule has 1 aliphatic rings. The second-order valence-corrected chi connectivity index (χ2v) is 16.3. The van der Waals surface area contributed by atoms with Crippen LogP contribution in [-0.4, -0.2) is 19.5 Å². The average molecular weight is 805 g/mol. The summed E-state index contributed by atoms with van der Waals surface area (Å²) in [4.78, 5) is 15.2. The molecular weight excluding hydrogens is 769 g/mol. The summed E-state index contributed by atoms with van der Waals surface area (Å²) in [6.45, 7) is 0. The summed E-state index contributed by atoms with van der Waals surface area (Å²) in [5, 5.41) is 4.41. The Hall–Kier alpha value is -8.41. The van der Waals surface area contributed by atoms with Gasteiger partial charge in [0.25, 0.3) is 0 Å². The molecule has 0 unspecified atom stereocenters. The van der Waals surface area contributed by atoms with Crippen molar-refractivity contribution in [3.8, 4) is 51.0 Å². The first kappa shape index (κ1) is 35.4. The molecule has 63 heavy (non-hydrogen) atoms. The first-order chi connectivity index (χ1) is 31.2. The summed E-state index contributed by atoms with van der Waals surface area (Å²) >= 11 is 0. The van der Waals surface area contributed by atoms with Crippen LogP contribution in [0.15, 0.2) is 223 Å². The summed E-state index contributed by atoms with van der Waals surface area (Å²) in [7, 11) is 0. The zero-order valence-corrected chi connectivity index (χ0v) is 34.0. The van der Waals surface area contributed by atoms with Crippen LogP contribution in [0, 0.1) is 0 Å². The molecule has 0 amide bonds. The van der Waals surface area contributed by atoms with E-state index in [2.05, 4.69) is 162 Å². The fraction of sp³-hybridized carbons (Fsp3) is 0.0172. The van der Waals surface area contributed by atoms with Crippen molar-refractivity contribution in [2.45, 2.75) is 5.41 Å². The third kappa shape index (κ3) is 5.27. The van der Waals surface area contributed by atoms with Gasteiger partial charge in [-0.25, -0.2) is 4.98 Å². The lowest BCUT2D eigenvalue weighted by Crippen LogP contribution is -2.28. The molecule has 5 nitrogen and oxygen atoms in total. The summed E-state index contributed by atoms with van der Waals surface area (Å²) < 4.78 is 9.25. The zero-order valence-electron chi connectivity index (χ0n) is 34.0. The molecule has 3 aromatic heterocycles. The molecule has 0 N–H and O–H groups in total. The number of fused-ring (bicyclic) bond motifs is 9. The maximum absolute atomic E-state index is 7.08. The summed E-state index contributed by atoms with van der Waals surface area (Å²) in [5.41, 5.74) is 14.7. The first-order valence-electron chi connectivity index (χ1n) is 21.4. The number of hydrogen-bond donors (Lipinski definition) is 0. The standard InChI is InChI=1S/C58H36N4O/c1-5-18-37(19-6-1)55-59-56(38-20-7-2-8-21-38)61-57(60-55)62-51-31-16-14-27-44(51)47-34-39(32-33-52(47)62)42-28-17-29-45-48-35-46-43-26-13-15-30-49(43)58(40-22-9-3-10-23-40,41-24-11-4-12-25-41)50(46)36-53(48)63-54(42)45/h1-36H. The monoisotopic (exact) mass is 804 g/mol. The van der Waals surface area contributed by atoms with Crippen LogP contribution in [0.5, 0.6) is 0 Å². The minimum atomic E-state index is -0.508. The number of rotatable bonds is 6. The Kier molecular flexibility index (Phi) is 7.75. The molecule has 294 valence electrons. The number of furan rings is 1. The van der Waals surface area contributed by atoms with Gasteiger partial charge in [-0.05, 0) is 69.3 Å². The fourth-order valence-electron chi connectivity index (χ4n) is 10.2. The van der Waals surface area contributed by atoms with Crippen LogP contribution in [0.25, 0.3) is 94.7 Å². The molecule has 13 rings (SSSR count). The molecule has 0 spiro atoms. The van der Waals surface area contributed by atoms with Crippen molar-refractivity contribution < 1.29 is 4.42 Å². The van der Waals surface area contributed by atoms with Crippen LogP contribution in [0.3, 0.4) is 0 Å². The quantitative estimate of drug-likeness (QED) is 0.168. The van der Waals surface area contributed by atoms with Crippen molar-refractivity contribution in [1.82, 2.24) is 19.5 Å². The molecule has 1 aliphatic carbocycles. The minimum Gasteiger partial charge on any atom is -0.455 e. The number of nitrogens with zero attached hydrogens (tertiary/aromatic N) is 4. The van der Waals surface area contributed by atoms with Gasteiger partial charge in [0.05, 0.1) is 16.4 Å². The molecule has 0 atom stereocenters. The molecule has 0 radical (unpaired) electrons. The predicted molar refractivity (Wildman–Crippen MR) is 255 cm³/mol. The highest BCUT2D eigenvalue weighted by Crippen LogP contribution is 2.57. The predicted octanol–water partition coefficient (Wildman–Crippen LogP) is 14.2. The van der Waals surface area contributed by atoms with E-state index in [0.717, 1.165) is 66.0 Å². The Morgan fingerprint density at radius 3 is 1.63 bits per heavy atom. The molecule has 3 heterocycles. The van der Waals surface area contributed by atoms with Gasteiger partial charge in [0.15, 0.2) is 11.6 Å².